The van der Waals surface area contributed by atoms with Crippen LogP contribution in [-0.2, 0) is 0 Å². The first kappa shape index (κ1) is 11.5. The van der Waals surface area contributed by atoms with Gasteiger partial charge in [0, 0.05) is 5.56 Å². The largest absolute Gasteiger partial charge is 0.494 e. The molecule has 0 radical (unpaired) electrons. The molecule has 2 heterocycles. The van der Waals surface area contributed by atoms with Gasteiger partial charge in [-0.15, -0.1) is 0 Å². The summed E-state index contributed by atoms with van der Waals surface area (Å²) in [7, 11) is 0. The maximum absolute atomic E-state index is 11.5. The molecule has 0 saturated carbocycles. The number of hydrogen-bond acceptors (Lipinski definition) is 4. The second-order valence-electron chi connectivity index (χ2n) is 3.97. The van der Waals surface area contributed by atoms with Crippen LogP contribution in [0, 0.1) is 0 Å². The summed E-state index contributed by atoms with van der Waals surface area (Å²) >= 11 is 0. The van der Waals surface area contributed by atoms with E-state index in [2.05, 4.69) is 15.3 Å². The summed E-state index contributed by atoms with van der Waals surface area (Å²) in [5, 5.41) is 10.4. The maximum Gasteiger partial charge on any atom is 0.364 e. The van der Waals surface area contributed by atoms with Crippen molar-refractivity contribution in [3.05, 3.63) is 46.9 Å². The summed E-state index contributed by atoms with van der Waals surface area (Å²) in [5.74, 6) is 0.813. The average Bonchev–Trinajstić information content (AvgIpc) is 2.81. The first-order valence-electron chi connectivity index (χ1n) is 5.95. The van der Waals surface area contributed by atoms with Gasteiger partial charge in [-0.2, -0.15) is 14.7 Å². The van der Waals surface area contributed by atoms with Crippen molar-refractivity contribution >= 4 is 5.65 Å². The van der Waals surface area contributed by atoms with Crippen molar-refractivity contribution in [3.8, 4) is 17.0 Å². The fourth-order valence-electron chi connectivity index (χ4n) is 1.85. The Morgan fingerprint density at radius 2 is 2.00 bits per heavy atom. The summed E-state index contributed by atoms with van der Waals surface area (Å²) in [6, 6.07) is 11.1. The number of ether oxygens (including phenoxy) is 1. The monoisotopic (exact) mass is 256 g/mol. The van der Waals surface area contributed by atoms with Crippen molar-refractivity contribution in [2.45, 2.75) is 6.92 Å². The minimum atomic E-state index is -0.345. The van der Waals surface area contributed by atoms with E-state index in [4.69, 9.17) is 4.74 Å². The second-order valence-corrected chi connectivity index (χ2v) is 3.97. The van der Waals surface area contributed by atoms with E-state index in [0.717, 1.165) is 11.3 Å². The van der Waals surface area contributed by atoms with Gasteiger partial charge in [-0.3, -0.25) is 0 Å². The molecule has 1 aromatic carbocycles. The van der Waals surface area contributed by atoms with Crippen molar-refractivity contribution in [2.24, 2.45) is 0 Å². The molecule has 0 aliphatic heterocycles. The third kappa shape index (κ3) is 2.08. The van der Waals surface area contributed by atoms with E-state index in [1.54, 1.807) is 6.07 Å². The average molecular weight is 256 g/mol. The Hall–Kier alpha value is -2.63. The molecular formula is C13H12N4O2. The first-order chi connectivity index (χ1) is 9.28. The smallest absolute Gasteiger partial charge is 0.364 e. The molecule has 0 aliphatic rings. The van der Waals surface area contributed by atoms with Gasteiger partial charge >= 0.3 is 5.69 Å². The van der Waals surface area contributed by atoms with Gasteiger partial charge in [0.1, 0.15) is 5.75 Å². The topological polar surface area (TPSA) is 72.3 Å². The van der Waals surface area contributed by atoms with Gasteiger partial charge in [0.25, 0.3) is 0 Å². The number of rotatable bonds is 3. The lowest BCUT2D eigenvalue weighted by Crippen LogP contribution is -2.12. The summed E-state index contributed by atoms with van der Waals surface area (Å²) in [5.41, 5.74) is 1.78. The third-order valence-electron chi connectivity index (χ3n) is 2.73. The molecule has 0 bridgehead atoms. The number of H-pyrrole nitrogens is 1. The van der Waals surface area contributed by atoms with Crippen molar-refractivity contribution in [2.75, 3.05) is 6.61 Å². The summed E-state index contributed by atoms with van der Waals surface area (Å²) < 4.78 is 6.62. The van der Waals surface area contributed by atoms with Gasteiger partial charge in [0.2, 0.25) is 0 Å². The number of aromatic nitrogens is 4. The van der Waals surface area contributed by atoms with E-state index in [0.29, 0.717) is 17.9 Å². The van der Waals surface area contributed by atoms with E-state index >= 15 is 0 Å². The van der Waals surface area contributed by atoms with E-state index in [9.17, 15) is 4.79 Å². The van der Waals surface area contributed by atoms with Crippen LogP contribution in [0.25, 0.3) is 16.9 Å². The van der Waals surface area contributed by atoms with Crippen LogP contribution in [0.1, 0.15) is 6.92 Å². The fraction of sp³-hybridized carbons (Fsp3) is 0.154. The number of fused-ring (bicyclic) bond motifs is 1. The second kappa shape index (κ2) is 4.56. The Bertz CT molecular complexity index is 758. The molecule has 0 spiro atoms. The van der Waals surface area contributed by atoms with Gasteiger partial charge in [0.15, 0.2) is 5.65 Å². The van der Waals surface area contributed by atoms with E-state index in [1.807, 2.05) is 37.3 Å². The quantitative estimate of drug-likeness (QED) is 0.770. The molecule has 1 N–H and O–H groups in total. The van der Waals surface area contributed by atoms with Crippen LogP contribution < -0.4 is 10.4 Å². The van der Waals surface area contributed by atoms with Crippen LogP contribution in [0.5, 0.6) is 5.75 Å². The highest BCUT2D eigenvalue weighted by Gasteiger charge is 2.05. The minimum absolute atomic E-state index is 0.345. The molecule has 6 heteroatoms. The zero-order chi connectivity index (χ0) is 13.2. The van der Waals surface area contributed by atoms with Gasteiger partial charge in [-0.25, -0.2) is 9.89 Å². The molecule has 0 atom stereocenters. The first-order valence-corrected chi connectivity index (χ1v) is 5.95. The van der Waals surface area contributed by atoms with E-state index in [-0.39, 0.29) is 5.69 Å². The third-order valence-corrected chi connectivity index (χ3v) is 2.73. The van der Waals surface area contributed by atoms with E-state index < -0.39 is 0 Å². The highest BCUT2D eigenvalue weighted by atomic mass is 16.5. The van der Waals surface area contributed by atoms with Gasteiger partial charge < -0.3 is 4.74 Å². The Labute approximate surface area is 108 Å². The lowest BCUT2D eigenvalue weighted by molar-refractivity contribution is 0.340. The van der Waals surface area contributed by atoms with Crippen LogP contribution in [0.4, 0.5) is 0 Å². The predicted molar refractivity (Wildman–Crippen MR) is 70.2 cm³/mol. The standard InChI is InChI=1S/C13H12N4O2/c1-2-19-10-5-3-9(4-6-10)11-7-8-12-14-15-13(18)17(12)16-11/h3-8H,2H2,1H3,(H,15,18). The molecule has 0 fully saturated rings. The zero-order valence-corrected chi connectivity index (χ0v) is 10.3. The number of hydrogen-bond donors (Lipinski definition) is 1. The Morgan fingerprint density at radius 1 is 1.21 bits per heavy atom. The lowest BCUT2D eigenvalue weighted by Gasteiger charge is -2.04. The van der Waals surface area contributed by atoms with Crippen LogP contribution >= 0.6 is 0 Å². The van der Waals surface area contributed by atoms with Crippen molar-refractivity contribution in [1.29, 1.82) is 0 Å². The number of nitrogens with one attached hydrogen (secondary N) is 1. The summed E-state index contributed by atoms with van der Waals surface area (Å²) in [6.07, 6.45) is 0. The molecule has 3 aromatic rings. The molecule has 6 nitrogen and oxygen atoms in total. The highest BCUT2D eigenvalue weighted by molar-refractivity contribution is 5.60. The molecular weight excluding hydrogens is 244 g/mol. The summed E-state index contributed by atoms with van der Waals surface area (Å²) in [6.45, 7) is 2.57. The van der Waals surface area contributed by atoms with Crippen LogP contribution in [-0.4, -0.2) is 26.4 Å². The summed E-state index contributed by atoms with van der Waals surface area (Å²) in [4.78, 5) is 11.5. The van der Waals surface area contributed by atoms with Gasteiger partial charge in [0.05, 0.1) is 12.3 Å². The normalized spacial score (nSPS) is 10.8. The zero-order valence-electron chi connectivity index (χ0n) is 10.3. The molecule has 0 amide bonds. The molecule has 0 unspecified atom stereocenters. The Morgan fingerprint density at radius 3 is 2.74 bits per heavy atom. The highest BCUT2D eigenvalue weighted by Crippen LogP contribution is 2.20. The molecule has 19 heavy (non-hydrogen) atoms. The lowest BCUT2D eigenvalue weighted by atomic mass is 10.1. The van der Waals surface area contributed by atoms with Crippen LogP contribution in [0.2, 0.25) is 0 Å². The van der Waals surface area contributed by atoms with Gasteiger partial charge in [-0.05, 0) is 43.3 Å². The van der Waals surface area contributed by atoms with Crippen LogP contribution in [0.15, 0.2) is 41.2 Å². The molecule has 96 valence electrons. The fourth-order valence-corrected chi connectivity index (χ4v) is 1.85. The molecule has 0 aliphatic carbocycles. The van der Waals surface area contributed by atoms with E-state index in [1.165, 1.54) is 4.52 Å². The van der Waals surface area contributed by atoms with Crippen molar-refractivity contribution in [3.63, 3.8) is 0 Å². The van der Waals surface area contributed by atoms with Crippen LogP contribution in [0.3, 0.4) is 0 Å². The van der Waals surface area contributed by atoms with Crippen molar-refractivity contribution < 1.29 is 4.74 Å². The molecule has 2 aromatic heterocycles. The number of benzene rings is 1. The SMILES string of the molecule is CCOc1ccc(-c2ccc3n[nH]c(=O)n3n2)cc1. The Kier molecular flexibility index (Phi) is 2.75. The van der Waals surface area contributed by atoms with Gasteiger partial charge in [-0.1, -0.05) is 0 Å². The molecule has 3 rings (SSSR count). The number of nitrogens with zero attached hydrogens (tertiary/aromatic N) is 3. The maximum atomic E-state index is 11.5. The minimum Gasteiger partial charge on any atom is -0.494 e. The molecule has 0 saturated heterocycles. The predicted octanol–water partition coefficient (Wildman–Crippen LogP) is 1.48. The van der Waals surface area contributed by atoms with Crippen molar-refractivity contribution in [1.82, 2.24) is 19.8 Å². The Balaban J connectivity index is 2.03. The number of aromatic amines is 1.